The van der Waals surface area contributed by atoms with Gasteiger partial charge in [-0.25, -0.2) is 0 Å². The predicted octanol–water partition coefficient (Wildman–Crippen LogP) is 1.38. The van der Waals surface area contributed by atoms with E-state index >= 15 is 0 Å². The minimum atomic E-state index is -0.346. The van der Waals surface area contributed by atoms with Gasteiger partial charge in [-0.15, -0.1) is 0 Å². The van der Waals surface area contributed by atoms with Crippen molar-refractivity contribution in [1.82, 2.24) is 5.32 Å². The highest BCUT2D eigenvalue weighted by molar-refractivity contribution is 5.94. The third kappa shape index (κ3) is 4.68. The van der Waals surface area contributed by atoms with Gasteiger partial charge in [0.2, 0.25) is 5.91 Å². The van der Waals surface area contributed by atoms with Gasteiger partial charge < -0.3 is 11.1 Å². The third-order valence-electron chi connectivity index (χ3n) is 2.48. The molecule has 2 amide bonds. The molecule has 0 radical (unpaired) electrons. The Hall–Kier alpha value is -1.84. The quantitative estimate of drug-likeness (QED) is 0.807. The molecule has 0 heterocycles. The van der Waals surface area contributed by atoms with Crippen LogP contribution in [0.3, 0.4) is 0 Å². The van der Waals surface area contributed by atoms with Crippen LogP contribution < -0.4 is 11.1 Å². The van der Waals surface area contributed by atoms with Gasteiger partial charge in [-0.2, -0.15) is 0 Å². The molecule has 0 aromatic heterocycles. The van der Waals surface area contributed by atoms with Crippen LogP contribution in [0.25, 0.3) is 0 Å². The number of hydrogen-bond acceptors (Lipinski definition) is 2. The lowest BCUT2D eigenvalue weighted by Gasteiger charge is -2.13. The fourth-order valence-corrected chi connectivity index (χ4v) is 1.52. The third-order valence-corrected chi connectivity index (χ3v) is 2.48. The van der Waals surface area contributed by atoms with Crippen molar-refractivity contribution in [3.8, 4) is 0 Å². The van der Waals surface area contributed by atoms with E-state index in [2.05, 4.69) is 5.32 Å². The summed E-state index contributed by atoms with van der Waals surface area (Å²) in [6.45, 7) is 3.80. The molecule has 3 N–H and O–H groups in total. The topological polar surface area (TPSA) is 72.2 Å². The lowest BCUT2D eigenvalue weighted by Crippen LogP contribution is -2.33. The molecule has 0 saturated carbocycles. The van der Waals surface area contributed by atoms with Crippen LogP contribution in [-0.2, 0) is 4.79 Å². The molecular weight excluding hydrogens is 216 g/mol. The first-order valence-electron chi connectivity index (χ1n) is 5.65. The van der Waals surface area contributed by atoms with Crippen molar-refractivity contribution in [2.45, 2.75) is 32.7 Å². The largest absolute Gasteiger partial charge is 0.370 e. The molecule has 1 rings (SSSR count). The van der Waals surface area contributed by atoms with E-state index in [0.717, 1.165) is 5.56 Å². The van der Waals surface area contributed by atoms with Crippen LogP contribution in [0.15, 0.2) is 24.3 Å². The van der Waals surface area contributed by atoms with Gasteiger partial charge in [-0.05, 0) is 32.4 Å². The van der Waals surface area contributed by atoms with Crippen molar-refractivity contribution in [3.05, 3.63) is 35.4 Å². The van der Waals surface area contributed by atoms with E-state index in [1.807, 2.05) is 32.0 Å². The van der Waals surface area contributed by atoms with E-state index in [9.17, 15) is 9.59 Å². The van der Waals surface area contributed by atoms with E-state index in [1.165, 1.54) is 0 Å². The highest BCUT2D eigenvalue weighted by Crippen LogP contribution is 2.05. The fourth-order valence-electron chi connectivity index (χ4n) is 1.52. The molecule has 1 aromatic carbocycles. The Morgan fingerprint density at radius 1 is 1.41 bits per heavy atom. The zero-order chi connectivity index (χ0) is 12.8. The van der Waals surface area contributed by atoms with E-state index in [4.69, 9.17) is 5.73 Å². The molecular formula is C13H18N2O2. The Morgan fingerprint density at radius 2 is 2.12 bits per heavy atom. The van der Waals surface area contributed by atoms with Crippen molar-refractivity contribution in [3.63, 3.8) is 0 Å². The summed E-state index contributed by atoms with van der Waals surface area (Å²) in [6.07, 6.45) is 0.849. The van der Waals surface area contributed by atoms with Crippen LogP contribution in [0.2, 0.25) is 0 Å². The zero-order valence-corrected chi connectivity index (χ0v) is 10.2. The average Bonchev–Trinajstić information content (AvgIpc) is 2.26. The van der Waals surface area contributed by atoms with Crippen LogP contribution in [0.1, 0.15) is 35.7 Å². The Labute approximate surface area is 101 Å². The van der Waals surface area contributed by atoms with Crippen molar-refractivity contribution in [2.75, 3.05) is 0 Å². The monoisotopic (exact) mass is 234 g/mol. The highest BCUT2D eigenvalue weighted by Gasteiger charge is 2.10. The molecule has 0 saturated heterocycles. The van der Waals surface area contributed by atoms with Crippen LogP contribution in [0.4, 0.5) is 0 Å². The maximum Gasteiger partial charge on any atom is 0.251 e. The number of benzene rings is 1. The number of hydrogen-bond donors (Lipinski definition) is 2. The molecule has 0 aliphatic rings. The first-order chi connectivity index (χ1) is 7.99. The second-order valence-electron chi connectivity index (χ2n) is 4.25. The van der Waals surface area contributed by atoms with E-state index in [-0.39, 0.29) is 24.3 Å². The van der Waals surface area contributed by atoms with Crippen LogP contribution in [-0.4, -0.2) is 17.9 Å². The van der Waals surface area contributed by atoms with E-state index < -0.39 is 0 Å². The highest BCUT2D eigenvalue weighted by atomic mass is 16.2. The number of nitrogens with two attached hydrogens (primary N) is 1. The first-order valence-corrected chi connectivity index (χ1v) is 5.65. The van der Waals surface area contributed by atoms with Gasteiger partial charge in [-0.3, -0.25) is 9.59 Å². The average molecular weight is 234 g/mol. The van der Waals surface area contributed by atoms with Crippen LogP contribution in [0, 0.1) is 6.92 Å². The second kappa shape index (κ2) is 6.03. The summed E-state index contributed by atoms with van der Waals surface area (Å²) in [5.74, 6) is -0.465. The molecule has 17 heavy (non-hydrogen) atoms. The lowest BCUT2D eigenvalue weighted by atomic mass is 10.1. The number of rotatable bonds is 5. The molecule has 0 spiro atoms. The number of carbonyl (C=O) groups is 2. The molecule has 0 bridgehead atoms. The van der Waals surface area contributed by atoms with Crippen molar-refractivity contribution in [2.24, 2.45) is 5.73 Å². The summed E-state index contributed by atoms with van der Waals surface area (Å²) in [5, 5.41) is 2.83. The molecule has 92 valence electrons. The maximum atomic E-state index is 11.8. The molecule has 0 aliphatic carbocycles. The number of nitrogens with one attached hydrogen (secondary N) is 1. The number of carbonyl (C=O) groups excluding carboxylic acids is 2. The maximum absolute atomic E-state index is 11.8. The van der Waals surface area contributed by atoms with Gasteiger partial charge in [0.05, 0.1) is 0 Å². The number of primary amides is 1. The fraction of sp³-hybridized carbons (Fsp3) is 0.385. The van der Waals surface area contributed by atoms with E-state index in [1.54, 1.807) is 6.07 Å². The number of aryl methyl sites for hydroxylation is 1. The summed E-state index contributed by atoms with van der Waals surface area (Å²) < 4.78 is 0. The minimum absolute atomic E-state index is 0.0597. The molecule has 4 nitrogen and oxygen atoms in total. The Morgan fingerprint density at radius 3 is 2.71 bits per heavy atom. The summed E-state index contributed by atoms with van der Waals surface area (Å²) in [4.78, 5) is 22.4. The van der Waals surface area contributed by atoms with Gasteiger partial charge in [0.1, 0.15) is 0 Å². The molecule has 4 heteroatoms. The minimum Gasteiger partial charge on any atom is -0.370 e. The SMILES string of the molecule is Cc1cccc(C(=O)NC(C)CCC(N)=O)c1. The molecule has 1 unspecified atom stereocenters. The van der Waals surface area contributed by atoms with Gasteiger partial charge in [0, 0.05) is 18.0 Å². The van der Waals surface area contributed by atoms with E-state index in [0.29, 0.717) is 12.0 Å². The summed E-state index contributed by atoms with van der Waals surface area (Å²) in [6, 6.07) is 7.32. The second-order valence-corrected chi connectivity index (χ2v) is 4.25. The molecule has 1 aromatic rings. The van der Waals surface area contributed by atoms with Gasteiger partial charge >= 0.3 is 0 Å². The van der Waals surface area contributed by atoms with Crippen molar-refractivity contribution in [1.29, 1.82) is 0 Å². The van der Waals surface area contributed by atoms with Gasteiger partial charge in [0.15, 0.2) is 0 Å². The summed E-state index contributed by atoms with van der Waals surface area (Å²) in [7, 11) is 0. The Kier molecular flexibility index (Phi) is 4.69. The molecule has 0 fully saturated rings. The van der Waals surface area contributed by atoms with Crippen molar-refractivity contribution >= 4 is 11.8 Å². The Balaban J connectivity index is 2.51. The smallest absolute Gasteiger partial charge is 0.251 e. The van der Waals surface area contributed by atoms with Crippen molar-refractivity contribution < 1.29 is 9.59 Å². The predicted molar refractivity (Wildman–Crippen MR) is 66.5 cm³/mol. The van der Waals surface area contributed by atoms with Crippen LogP contribution >= 0.6 is 0 Å². The van der Waals surface area contributed by atoms with Gasteiger partial charge in [0.25, 0.3) is 5.91 Å². The van der Waals surface area contributed by atoms with Gasteiger partial charge in [-0.1, -0.05) is 17.7 Å². The van der Waals surface area contributed by atoms with Crippen LogP contribution in [0.5, 0.6) is 0 Å². The normalized spacial score (nSPS) is 11.9. The zero-order valence-electron chi connectivity index (χ0n) is 10.2. The number of amides is 2. The standard InChI is InChI=1S/C13H18N2O2/c1-9-4-3-5-11(8-9)13(17)15-10(2)6-7-12(14)16/h3-5,8,10H,6-7H2,1-2H3,(H2,14,16)(H,15,17). The summed E-state index contributed by atoms with van der Waals surface area (Å²) in [5.41, 5.74) is 6.73. The summed E-state index contributed by atoms with van der Waals surface area (Å²) >= 11 is 0. The Bertz CT molecular complexity index is 416. The first kappa shape index (κ1) is 13.2. The molecule has 1 atom stereocenters. The molecule has 0 aliphatic heterocycles. The lowest BCUT2D eigenvalue weighted by molar-refractivity contribution is -0.118.